The predicted octanol–water partition coefficient (Wildman–Crippen LogP) is 3.86. The topological polar surface area (TPSA) is 97.2 Å². The minimum Gasteiger partial charge on any atom is -0.378 e. The highest BCUT2D eigenvalue weighted by Crippen LogP contribution is 2.30. The van der Waals surface area contributed by atoms with E-state index in [1.54, 1.807) is 44.2 Å². The second kappa shape index (κ2) is 8.29. The molecular formula is C19H18BrN3O4S2. The number of aryl methyl sites for hydroxylation is 1. The Labute approximate surface area is 181 Å². The average molecular weight is 496 g/mol. The summed E-state index contributed by atoms with van der Waals surface area (Å²) in [7, 11) is -4.01. The van der Waals surface area contributed by atoms with Crippen molar-refractivity contribution in [2.75, 3.05) is 0 Å². The molecule has 1 saturated heterocycles. The molecular weight excluding hydrogens is 478 g/mol. The lowest BCUT2D eigenvalue weighted by Crippen LogP contribution is -2.30. The van der Waals surface area contributed by atoms with Crippen LogP contribution in [0.1, 0.15) is 25.0 Å². The average Bonchev–Trinajstić information content (AvgIpc) is 2.89. The van der Waals surface area contributed by atoms with E-state index in [0.29, 0.717) is 10.7 Å². The van der Waals surface area contributed by atoms with Crippen LogP contribution in [0.25, 0.3) is 0 Å². The number of carbonyl (C=O) groups excluding carboxylic acids is 1. The minimum absolute atomic E-state index is 0.0386. The van der Waals surface area contributed by atoms with E-state index in [-0.39, 0.29) is 16.6 Å². The van der Waals surface area contributed by atoms with Gasteiger partial charge in [-0.2, -0.15) is 13.5 Å². The number of hydrogen-bond donors (Lipinski definition) is 1. The fraction of sp³-hybridized carbons (Fsp3) is 0.211. The predicted molar refractivity (Wildman–Crippen MR) is 118 cm³/mol. The van der Waals surface area contributed by atoms with Gasteiger partial charge in [0.25, 0.3) is 0 Å². The van der Waals surface area contributed by atoms with Crippen molar-refractivity contribution < 1.29 is 17.4 Å². The Morgan fingerprint density at radius 3 is 2.48 bits per heavy atom. The zero-order chi connectivity index (χ0) is 21.2. The van der Waals surface area contributed by atoms with Crippen LogP contribution in [0.3, 0.4) is 0 Å². The second-order valence-corrected chi connectivity index (χ2v) is 10.8. The third kappa shape index (κ3) is 5.26. The van der Waals surface area contributed by atoms with Gasteiger partial charge in [0.15, 0.2) is 10.9 Å². The maximum absolute atomic E-state index is 12.6. The first-order valence-corrected chi connectivity index (χ1v) is 11.5. The Bertz CT molecular complexity index is 1110. The van der Waals surface area contributed by atoms with Crippen LogP contribution in [-0.4, -0.2) is 30.5 Å². The molecule has 7 nitrogen and oxygen atoms in total. The number of hydrogen-bond acceptors (Lipinski definition) is 7. The van der Waals surface area contributed by atoms with E-state index < -0.39 is 14.9 Å². The minimum atomic E-state index is -4.01. The van der Waals surface area contributed by atoms with E-state index >= 15 is 0 Å². The van der Waals surface area contributed by atoms with Gasteiger partial charge >= 0.3 is 10.1 Å². The van der Waals surface area contributed by atoms with E-state index in [0.717, 1.165) is 10.0 Å². The van der Waals surface area contributed by atoms with Gasteiger partial charge in [0.1, 0.15) is 4.90 Å². The number of amides is 1. The van der Waals surface area contributed by atoms with Gasteiger partial charge in [-0.3, -0.25) is 4.79 Å². The number of amidine groups is 1. The molecule has 29 heavy (non-hydrogen) atoms. The molecule has 0 aromatic heterocycles. The van der Waals surface area contributed by atoms with Gasteiger partial charge in [-0.1, -0.05) is 39.3 Å². The van der Waals surface area contributed by atoms with Crippen LogP contribution in [0.15, 0.2) is 62.0 Å². The normalized spacial score (nSPS) is 17.7. The molecule has 2 aromatic rings. The number of rotatable bonds is 5. The second-order valence-electron chi connectivity index (χ2n) is 6.75. The molecule has 1 aliphatic rings. The van der Waals surface area contributed by atoms with E-state index in [9.17, 15) is 13.2 Å². The number of thioether (sulfide) groups is 1. The summed E-state index contributed by atoms with van der Waals surface area (Å²) in [5.74, 6) is -0.0115. The van der Waals surface area contributed by atoms with Crippen LogP contribution < -0.4 is 9.50 Å². The molecule has 0 atom stereocenters. The Balaban J connectivity index is 1.85. The molecule has 0 unspecified atom stereocenters. The highest BCUT2D eigenvalue weighted by Gasteiger charge is 2.38. The number of halogens is 1. The highest BCUT2D eigenvalue weighted by molar-refractivity contribution is 9.10. The molecule has 1 fully saturated rings. The zero-order valence-electron chi connectivity index (χ0n) is 15.8. The number of carbonyl (C=O) groups is 1. The first-order valence-electron chi connectivity index (χ1n) is 8.49. The molecule has 10 heteroatoms. The highest BCUT2D eigenvalue weighted by atomic mass is 79.9. The molecule has 0 spiro atoms. The lowest BCUT2D eigenvalue weighted by atomic mass is 10.1. The Morgan fingerprint density at radius 1 is 1.17 bits per heavy atom. The Kier molecular flexibility index (Phi) is 6.16. The molecule has 0 aliphatic carbocycles. The SMILES string of the molecule is Cc1ccc(OS(=O)(=O)c2ccc(Br)cc2)c(/C=N/N=C2/NC(=O)C(C)(C)S2)c1. The van der Waals surface area contributed by atoms with Crippen molar-refractivity contribution in [3.8, 4) is 5.75 Å². The molecule has 0 radical (unpaired) electrons. The van der Waals surface area contributed by atoms with Crippen LogP contribution in [-0.2, 0) is 14.9 Å². The molecule has 2 aromatic carbocycles. The number of nitrogens with one attached hydrogen (secondary N) is 1. The maximum Gasteiger partial charge on any atom is 0.339 e. The first kappa shape index (κ1) is 21.5. The van der Waals surface area contributed by atoms with Crippen LogP contribution in [0.4, 0.5) is 0 Å². The first-order chi connectivity index (χ1) is 13.6. The van der Waals surface area contributed by atoms with Crippen molar-refractivity contribution in [1.29, 1.82) is 0 Å². The molecule has 1 amide bonds. The van der Waals surface area contributed by atoms with Crippen LogP contribution >= 0.6 is 27.7 Å². The van der Waals surface area contributed by atoms with E-state index in [4.69, 9.17) is 4.18 Å². The van der Waals surface area contributed by atoms with E-state index in [1.165, 1.54) is 30.1 Å². The Hall–Kier alpha value is -2.17. The third-order valence-electron chi connectivity index (χ3n) is 3.93. The van der Waals surface area contributed by atoms with E-state index in [2.05, 4.69) is 31.4 Å². The summed E-state index contributed by atoms with van der Waals surface area (Å²) in [4.78, 5) is 11.8. The molecule has 152 valence electrons. The van der Waals surface area contributed by atoms with Crippen LogP contribution in [0, 0.1) is 6.92 Å². The van der Waals surface area contributed by atoms with Crippen molar-refractivity contribution in [1.82, 2.24) is 5.32 Å². The largest absolute Gasteiger partial charge is 0.378 e. The van der Waals surface area contributed by atoms with Crippen molar-refractivity contribution >= 4 is 55.1 Å². The standard InChI is InChI=1S/C19H18BrN3O4S2/c1-12-4-9-16(27-29(25,26)15-7-5-14(20)6-8-15)13(10-12)11-21-23-18-22-17(24)19(2,3)28-18/h4-11H,1-3H3,(H,22,23,24)/b21-11+. The molecule has 0 bridgehead atoms. The lowest BCUT2D eigenvalue weighted by Gasteiger charge is -2.10. The van der Waals surface area contributed by atoms with Crippen molar-refractivity contribution in [2.24, 2.45) is 10.2 Å². The summed E-state index contributed by atoms with van der Waals surface area (Å²) in [6.07, 6.45) is 1.39. The summed E-state index contributed by atoms with van der Waals surface area (Å²) >= 11 is 4.54. The van der Waals surface area contributed by atoms with Gasteiger partial charge in [0.05, 0.1) is 11.0 Å². The fourth-order valence-electron chi connectivity index (χ4n) is 2.36. The molecule has 1 N–H and O–H groups in total. The van der Waals surface area contributed by atoms with Gasteiger partial charge in [0, 0.05) is 10.0 Å². The number of nitrogens with zero attached hydrogens (tertiary/aromatic N) is 2. The number of benzene rings is 2. The van der Waals surface area contributed by atoms with E-state index in [1.807, 2.05) is 6.92 Å². The van der Waals surface area contributed by atoms with Crippen molar-refractivity contribution in [2.45, 2.75) is 30.4 Å². The van der Waals surface area contributed by atoms with Gasteiger partial charge in [-0.05, 0) is 57.2 Å². The molecule has 1 aliphatic heterocycles. The monoisotopic (exact) mass is 495 g/mol. The summed E-state index contributed by atoms with van der Waals surface area (Å²) in [6.45, 7) is 5.45. The zero-order valence-corrected chi connectivity index (χ0v) is 19.1. The lowest BCUT2D eigenvalue weighted by molar-refractivity contribution is -0.120. The van der Waals surface area contributed by atoms with Gasteiger partial charge < -0.3 is 9.50 Å². The van der Waals surface area contributed by atoms with Crippen molar-refractivity contribution in [3.05, 3.63) is 58.1 Å². The van der Waals surface area contributed by atoms with Crippen molar-refractivity contribution in [3.63, 3.8) is 0 Å². The maximum atomic E-state index is 12.6. The van der Waals surface area contributed by atoms with Gasteiger partial charge in [-0.25, -0.2) is 0 Å². The van der Waals surface area contributed by atoms with Crippen LogP contribution in [0.2, 0.25) is 0 Å². The smallest absolute Gasteiger partial charge is 0.339 e. The molecule has 0 saturated carbocycles. The quantitative estimate of drug-likeness (QED) is 0.385. The molecule has 1 heterocycles. The fourth-order valence-corrected chi connectivity index (χ4v) is 4.44. The van der Waals surface area contributed by atoms with Gasteiger partial charge in [-0.15, -0.1) is 5.10 Å². The molecule has 3 rings (SSSR count). The summed E-state index contributed by atoms with van der Waals surface area (Å²) in [6, 6.07) is 11.2. The summed E-state index contributed by atoms with van der Waals surface area (Å²) in [5, 5.41) is 11.0. The third-order valence-corrected chi connectivity index (χ3v) is 6.78. The van der Waals surface area contributed by atoms with Crippen LogP contribution in [0.5, 0.6) is 5.75 Å². The summed E-state index contributed by atoms with van der Waals surface area (Å²) < 4.78 is 30.6. The van der Waals surface area contributed by atoms with Gasteiger partial charge in [0.2, 0.25) is 5.91 Å². The summed E-state index contributed by atoms with van der Waals surface area (Å²) in [5.41, 5.74) is 1.35. The Morgan fingerprint density at radius 2 is 1.86 bits per heavy atom.